The van der Waals surface area contributed by atoms with E-state index in [2.05, 4.69) is 68.4 Å². The van der Waals surface area contributed by atoms with Gasteiger partial charge in [0.2, 0.25) is 0 Å². The van der Waals surface area contributed by atoms with Gasteiger partial charge in [-0.25, -0.2) is 0 Å². The highest BCUT2D eigenvalue weighted by molar-refractivity contribution is 6.27. The fourth-order valence-electron chi connectivity index (χ4n) is 4.00. The fourth-order valence-corrected chi connectivity index (χ4v) is 4.85. The lowest BCUT2D eigenvalue weighted by atomic mass is 9.91. The molecule has 0 unspecified atom stereocenters. The SMILES string of the molecule is CCCCC1=C([SiH3])CC(c2ccc(CCCC)cc2)=C1c1ccccc1. The topological polar surface area (TPSA) is 0 Å². The predicted octanol–water partition coefficient (Wildman–Crippen LogP) is 6.15. The van der Waals surface area contributed by atoms with Gasteiger partial charge in [-0.1, -0.05) is 86.5 Å². The van der Waals surface area contributed by atoms with E-state index in [9.17, 15) is 0 Å². The van der Waals surface area contributed by atoms with Crippen LogP contribution in [0.25, 0.3) is 11.1 Å². The molecule has 26 heavy (non-hydrogen) atoms. The second-order valence-corrected chi connectivity index (χ2v) is 8.77. The summed E-state index contributed by atoms with van der Waals surface area (Å²) in [6.45, 7) is 4.56. The zero-order valence-corrected chi connectivity index (χ0v) is 18.6. The van der Waals surface area contributed by atoms with Crippen LogP contribution < -0.4 is 0 Å². The maximum atomic E-state index is 2.36. The molecule has 0 aliphatic heterocycles. The third-order valence-corrected chi connectivity index (χ3v) is 6.48. The first kappa shape index (κ1) is 18.9. The van der Waals surface area contributed by atoms with E-state index >= 15 is 0 Å². The zero-order valence-electron chi connectivity index (χ0n) is 16.6. The van der Waals surface area contributed by atoms with Crippen LogP contribution in [-0.2, 0) is 6.42 Å². The van der Waals surface area contributed by atoms with Crippen molar-refractivity contribution in [3.63, 3.8) is 0 Å². The van der Waals surface area contributed by atoms with Crippen molar-refractivity contribution in [1.82, 2.24) is 0 Å². The van der Waals surface area contributed by atoms with Gasteiger partial charge in [-0.15, -0.1) is 0 Å². The normalized spacial score (nSPS) is 14.5. The standard InChI is InChI=1S/C25H32Si/c1-3-5-10-19-14-16-20(17-15-19)23-18-24(26)22(13-6-4-2)25(23)21-11-8-7-9-12-21/h7-9,11-12,14-17H,3-6,10,13,18H2,1-2,26H3. The first-order valence-electron chi connectivity index (χ1n) is 10.3. The monoisotopic (exact) mass is 360 g/mol. The van der Waals surface area contributed by atoms with Crippen molar-refractivity contribution in [3.8, 4) is 0 Å². The van der Waals surface area contributed by atoms with Gasteiger partial charge < -0.3 is 0 Å². The summed E-state index contributed by atoms with van der Waals surface area (Å²) in [5.41, 5.74) is 9.02. The van der Waals surface area contributed by atoms with E-state index in [4.69, 9.17) is 0 Å². The predicted molar refractivity (Wildman–Crippen MR) is 119 cm³/mol. The van der Waals surface area contributed by atoms with Gasteiger partial charge in [0, 0.05) is 10.2 Å². The Hall–Kier alpha value is -1.86. The Morgan fingerprint density at radius 3 is 2.08 bits per heavy atom. The Kier molecular flexibility index (Phi) is 6.68. The van der Waals surface area contributed by atoms with Crippen LogP contribution in [0.5, 0.6) is 0 Å². The lowest BCUT2D eigenvalue weighted by molar-refractivity contribution is 0.795. The Morgan fingerprint density at radius 1 is 0.769 bits per heavy atom. The molecule has 0 heterocycles. The van der Waals surface area contributed by atoms with Crippen molar-refractivity contribution >= 4 is 21.4 Å². The van der Waals surface area contributed by atoms with Crippen molar-refractivity contribution in [2.75, 3.05) is 0 Å². The summed E-state index contributed by atoms with van der Waals surface area (Å²) in [5.74, 6) is 0. The number of hydrogen-bond acceptors (Lipinski definition) is 0. The second-order valence-electron chi connectivity index (χ2n) is 7.56. The van der Waals surface area contributed by atoms with Gasteiger partial charge in [-0.05, 0) is 65.5 Å². The second kappa shape index (κ2) is 9.18. The molecular formula is C25H32Si. The van der Waals surface area contributed by atoms with Crippen LogP contribution in [-0.4, -0.2) is 10.2 Å². The average Bonchev–Trinajstić information content (AvgIpc) is 3.02. The van der Waals surface area contributed by atoms with E-state index in [0.29, 0.717) is 0 Å². The molecule has 1 aliphatic rings. The molecule has 2 aromatic carbocycles. The first-order chi connectivity index (χ1) is 12.7. The number of unbranched alkanes of at least 4 members (excludes halogenated alkanes) is 2. The summed E-state index contributed by atoms with van der Waals surface area (Å²) in [7, 11) is 1.17. The molecule has 0 saturated heterocycles. The van der Waals surface area contributed by atoms with Gasteiger partial charge in [0.25, 0.3) is 0 Å². The lowest BCUT2D eigenvalue weighted by Gasteiger charge is -2.14. The minimum absolute atomic E-state index is 1.16. The minimum atomic E-state index is 1.16. The molecule has 136 valence electrons. The molecule has 0 spiro atoms. The van der Waals surface area contributed by atoms with Crippen LogP contribution in [0.4, 0.5) is 0 Å². The van der Waals surface area contributed by atoms with Gasteiger partial charge >= 0.3 is 0 Å². The van der Waals surface area contributed by atoms with Gasteiger partial charge in [0.1, 0.15) is 0 Å². The number of aryl methyl sites for hydroxylation is 1. The van der Waals surface area contributed by atoms with Gasteiger partial charge in [0.15, 0.2) is 0 Å². The maximum absolute atomic E-state index is 2.36. The highest BCUT2D eigenvalue weighted by atomic mass is 28.1. The van der Waals surface area contributed by atoms with Gasteiger partial charge in [-0.2, -0.15) is 0 Å². The summed E-state index contributed by atoms with van der Waals surface area (Å²) in [4.78, 5) is 0. The fraction of sp³-hybridized carbons (Fsp3) is 0.360. The molecule has 0 bridgehead atoms. The molecule has 0 saturated carbocycles. The summed E-state index contributed by atoms with van der Waals surface area (Å²) in [6.07, 6.45) is 8.70. The third kappa shape index (κ3) is 4.27. The molecule has 2 aromatic rings. The molecule has 1 aliphatic carbocycles. The number of benzene rings is 2. The first-order valence-corrected chi connectivity index (χ1v) is 11.3. The summed E-state index contributed by atoms with van der Waals surface area (Å²) in [6, 6.07) is 20.5. The van der Waals surface area contributed by atoms with Crippen LogP contribution in [0.15, 0.2) is 65.4 Å². The van der Waals surface area contributed by atoms with E-state index in [1.165, 1.54) is 71.0 Å². The number of rotatable bonds is 8. The van der Waals surface area contributed by atoms with E-state index in [-0.39, 0.29) is 0 Å². The quantitative estimate of drug-likeness (QED) is 0.495. The molecular weight excluding hydrogens is 328 g/mol. The highest BCUT2D eigenvalue weighted by Crippen LogP contribution is 2.44. The van der Waals surface area contributed by atoms with E-state index < -0.39 is 0 Å². The molecule has 0 N–H and O–H groups in total. The van der Waals surface area contributed by atoms with Gasteiger partial charge in [-0.3, -0.25) is 0 Å². The average molecular weight is 361 g/mol. The largest absolute Gasteiger partial charge is 0.0837 e. The molecule has 1 heteroatoms. The molecule has 0 fully saturated rings. The van der Waals surface area contributed by atoms with Crippen molar-refractivity contribution in [2.45, 2.75) is 58.8 Å². The van der Waals surface area contributed by atoms with Crippen molar-refractivity contribution in [3.05, 3.63) is 82.1 Å². The number of hydrogen-bond donors (Lipinski definition) is 0. The third-order valence-electron chi connectivity index (χ3n) is 5.52. The van der Waals surface area contributed by atoms with Crippen LogP contribution in [0, 0.1) is 0 Å². The number of allylic oxidation sites excluding steroid dienone is 4. The molecule has 0 radical (unpaired) electrons. The molecule has 0 atom stereocenters. The Labute approximate surface area is 162 Å². The van der Waals surface area contributed by atoms with Crippen molar-refractivity contribution in [2.24, 2.45) is 0 Å². The Balaban J connectivity index is 1.99. The minimum Gasteiger partial charge on any atom is -0.0837 e. The van der Waals surface area contributed by atoms with Crippen LogP contribution >= 0.6 is 0 Å². The summed E-state index contributed by atoms with van der Waals surface area (Å²) < 4.78 is 0. The van der Waals surface area contributed by atoms with Gasteiger partial charge in [0.05, 0.1) is 0 Å². The highest BCUT2D eigenvalue weighted by Gasteiger charge is 2.23. The zero-order chi connectivity index (χ0) is 18.4. The molecule has 0 aromatic heterocycles. The Morgan fingerprint density at radius 2 is 1.42 bits per heavy atom. The lowest BCUT2D eigenvalue weighted by Crippen LogP contribution is -1.93. The van der Waals surface area contributed by atoms with E-state index in [0.717, 1.165) is 6.42 Å². The summed E-state index contributed by atoms with van der Waals surface area (Å²) in [5, 5.41) is 1.70. The smallest absolute Gasteiger partial charge is 0.0341 e. The molecule has 0 amide bonds. The van der Waals surface area contributed by atoms with Crippen LogP contribution in [0.1, 0.15) is 69.1 Å². The Bertz CT molecular complexity index is 779. The van der Waals surface area contributed by atoms with Crippen molar-refractivity contribution < 1.29 is 0 Å². The van der Waals surface area contributed by atoms with Crippen molar-refractivity contribution in [1.29, 1.82) is 0 Å². The maximum Gasteiger partial charge on any atom is 0.0341 e. The van der Waals surface area contributed by atoms with E-state index in [1.54, 1.807) is 16.3 Å². The summed E-state index contributed by atoms with van der Waals surface area (Å²) >= 11 is 0. The molecule has 0 nitrogen and oxygen atoms in total. The molecule has 3 rings (SSSR count). The van der Waals surface area contributed by atoms with E-state index in [1.807, 2.05) is 0 Å². The van der Waals surface area contributed by atoms with Crippen LogP contribution in [0.3, 0.4) is 0 Å². The van der Waals surface area contributed by atoms with Crippen LogP contribution in [0.2, 0.25) is 0 Å².